The van der Waals surface area contributed by atoms with Crippen LogP contribution in [0.3, 0.4) is 0 Å². The van der Waals surface area contributed by atoms with Crippen molar-refractivity contribution >= 4 is 12.1 Å². The number of carbonyl (C=O) groups excluding carboxylic acids is 1. The third kappa shape index (κ3) is 5.46. The highest BCUT2D eigenvalue weighted by atomic mass is 16.2. The van der Waals surface area contributed by atoms with Gasteiger partial charge in [-0.15, -0.1) is 10.2 Å². The number of carbonyl (C=O) groups is 1. The average Bonchev–Trinajstić information content (AvgIpc) is 3.40. The molecule has 0 saturated carbocycles. The molecule has 0 spiro atoms. The Labute approximate surface area is 199 Å². The van der Waals surface area contributed by atoms with Crippen LogP contribution in [0, 0.1) is 19.8 Å². The van der Waals surface area contributed by atoms with Crippen molar-refractivity contribution in [2.75, 3.05) is 0 Å². The topological polar surface area (TPSA) is 90.0 Å². The van der Waals surface area contributed by atoms with Gasteiger partial charge in [-0.05, 0) is 48.7 Å². The minimum atomic E-state index is -0.260. The predicted octanol–water partition coefficient (Wildman–Crippen LogP) is 4.23. The van der Waals surface area contributed by atoms with Gasteiger partial charge in [-0.2, -0.15) is 9.90 Å². The van der Waals surface area contributed by atoms with Gasteiger partial charge in [-0.1, -0.05) is 56.3 Å². The number of nitrogens with one attached hydrogen (secondary N) is 1. The molecule has 174 valence electrons. The molecule has 0 fully saturated rings. The van der Waals surface area contributed by atoms with Crippen molar-refractivity contribution in [1.29, 1.82) is 0 Å². The highest BCUT2D eigenvalue weighted by molar-refractivity contribution is 5.95. The van der Waals surface area contributed by atoms with Crippen LogP contribution < -0.4 is 5.43 Å². The maximum Gasteiger partial charge on any atom is 0.271 e. The van der Waals surface area contributed by atoms with Crippen LogP contribution in [0.2, 0.25) is 0 Å². The third-order valence-corrected chi connectivity index (χ3v) is 5.56. The summed E-state index contributed by atoms with van der Waals surface area (Å²) in [5, 5.41) is 16.8. The van der Waals surface area contributed by atoms with Crippen LogP contribution in [0.5, 0.6) is 0 Å². The first-order valence-electron chi connectivity index (χ1n) is 11.3. The van der Waals surface area contributed by atoms with E-state index in [0.29, 0.717) is 23.9 Å². The Hall–Kier alpha value is -4.07. The van der Waals surface area contributed by atoms with Crippen LogP contribution in [-0.4, -0.2) is 36.9 Å². The van der Waals surface area contributed by atoms with Gasteiger partial charge >= 0.3 is 0 Å². The summed E-state index contributed by atoms with van der Waals surface area (Å²) < 4.78 is 2.28. The molecule has 4 rings (SSSR count). The molecule has 2 aromatic heterocycles. The van der Waals surface area contributed by atoms with E-state index in [1.54, 1.807) is 18.3 Å². The van der Waals surface area contributed by atoms with E-state index < -0.39 is 0 Å². The summed E-state index contributed by atoms with van der Waals surface area (Å²) in [5.41, 5.74) is 8.37. The zero-order valence-corrected chi connectivity index (χ0v) is 19.9. The van der Waals surface area contributed by atoms with Crippen LogP contribution in [0.25, 0.3) is 11.4 Å². The van der Waals surface area contributed by atoms with Crippen LogP contribution in [0.1, 0.15) is 46.7 Å². The Bertz CT molecular complexity index is 1280. The minimum Gasteiger partial charge on any atom is -0.348 e. The second-order valence-corrected chi connectivity index (χ2v) is 8.74. The SMILES string of the molecule is Cc1cc(/C=N/NC(=O)c2ccc(Cn3nnc(-c4ccccc4)n3)cc2)c(C)n1CC(C)C. The fourth-order valence-corrected chi connectivity index (χ4v) is 3.77. The molecular formula is C26H29N7O. The number of hydrogen-bond acceptors (Lipinski definition) is 5. The largest absolute Gasteiger partial charge is 0.348 e. The van der Waals surface area contributed by atoms with E-state index in [4.69, 9.17) is 0 Å². The summed E-state index contributed by atoms with van der Waals surface area (Å²) in [7, 11) is 0. The Morgan fingerprint density at radius 3 is 2.53 bits per heavy atom. The lowest BCUT2D eigenvalue weighted by Crippen LogP contribution is -2.17. The van der Waals surface area contributed by atoms with E-state index in [1.165, 1.54) is 10.5 Å². The van der Waals surface area contributed by atoms with Crippen molar-refractivity contribution in [3.63, 3.8) is 0 Å². The van der Waals surface area contributed by atoms with Crippen molar-refractivity contribution in [3.8, 4) is 11.4 Å². The van der Waals surface area contributed by atoms with Crippen molar-refractivity contribution in [3.05, 3.63) is 88.7 Å². The molecule has 0 aliphatic rings. The van der Waals surface area contributed by atoms with E-state index in [9.17, 15) is 4.79 Å². The highest BCUT2D eigenvalue weighted by Gasteiger charge is 2.10. The van der Waals surface area contributed by atoms with Gasteiger partial charge in [0.25, 0.3) is 5.91 Å². The maximum absolute atomic E-state index is 12.5. The molecule has 0 aliphatic heterocycles. The van der Waals surface area contributed by atoms with Crippen molar-refractivity contribution in [1.82, 2.24) is 30.2 Å². The molecule has 0 atom stereocenters. The Morgan fingerprint density at radius 1 is 1.09 bits per heavy atom. The Balaban J connectivity index is 1.35. The van der Waals surface area contributed by atoms with Crippen molar-refractivity contribution in [2.45, 2.75) is 40.8 Å². The van der Waals surface area contributed by atoms with Gasteiger partial charge in [0.15, 0.2) is 0 Å². The van der Waals surface area contributed by atoms with E-state index in [-0.39, 0.29) is 5.91 Å². The van der Waals surface area contributed by atoms with Crippen molar-refractivity contribution in [2.24, 2.45) is 11.0 Å². The van der Waals surface area contributed by atoms with Gasteiger partial charge in [0.2, 0.25) is 5.82 Å². The standard InChI is InChI=1S/C26H29N7O/c1-18(2)16-32-19(3)14-24(20(32)4)15-27-29-26(34)23-12-10-21(11-13-23)17-33-30-25(28-31-33)22-8-6-5-7-9-22/h5-15,18H,16-17H2,1-4H3,(H,29,34)/b27-15+. The lowest BCUT2D eigenvalue weighted by atomic mass is 10.1. The summed E-state index contributed by atoms with van der Waals surface area (Å²) in [5.74, 6) is 0.881. The number of hydrazone groups is 1. The molecule has 8 heteroatoms. The summed E-state index contributed by atoms with van der Waals surface area (Å²) >= 11 is 0. The molecule has 0 aliphatic carbocycles. The third-order valence-electron chi connectivity index (χ3n) is 5.56. The Morgan fingerprint density at radius 2 is 1.82 bits per heavy atom. The van der Waals surface area contributed by atoms with Gasteiger partial charge in [0.05, 0.1) is 12.8 Å². The molecule has 4 aromatic rings. The second kappa shape index (κ2) is 10.2. The van der Waals surface area contributed by atoms with Gasteiger partial charge in [-0.25, -0.2) is 5.43 Å². The van der Waals surface area contributed by atoms with Gasteiger partial charge in [-0.3, -0.25) is 4.79 Å². The van der Waals surface area contributed by atoms with Crippen molar-refractivity contribution < 1.29 is 4.79 Å². The first kappa shape index (κ1) is 23.1. The number of hydrogen-bond donors (Lipinski definition) is 1. The summed E-state index contributed by atoms with van der Waals surface area (Å²) in [6, 6.07) is 19.1. The Kier molecular flexibility index (Phi) is 6.96. The maximum atomic E-state index is 12.5. The quantitative estimate of drug-likeness (QED) is 0.318. The minimum absolute atomic E-state index is 0.260. The van der Waals surface area contributed by atoms with Crippen LogP contribution in [-0.2, 0) is 13.1 Å². The normalized spacial score (nSPS) is 11.4. The molecule has 2 aromatic carbocycles. The zero-order valence-electron chi connectivity index (χ0n) is 19.9. The van der Waals surface area contributed by atoms with Crippen LogP contribution in [0.4, 0.5) is 0 Å². The lowest BCUT2D eigenvalue weighted by Gasteiger charge is -2.11. The van der Waals surface area contributed by atoms with E-state index in [0.717, 1.165) is 28.9 Å². The van der Waals surface area contributed by atoms with Gasteiger partial charge in [0.1, 0.15) is 0 Å². The summed E-state index contributed by atoms with van der Waals surface area (Å²) in [6.07, 6.45) is 1.70. The number of aromatic nitrogens is 5. The van der Waals surface area contributed by atoms with E-state index >= 15 is 0 Å². The molecule has 1 N–H and O–H groups in total. The number of amides is 1. The first-order chi connectivity index (χ1) is 16.4. The first-order valence-corrected chi connectivity index (χ1v) is 11.3. The number of nitrogens with zero attached hydrogens (tertiary/aromatic N) is 6. The monoisotopic (exact) mass is 455 g/mol. The molecule has 8 nitrogen and oxygen atoms in total. The van der Waals surface area contributed by atoms with E-state index in [1.807, 2.05) is 42.5 Å². The average molecular weight is 456 g/mol. The number of tetrazole rings is 1. The fraction of sp³-hybridized carbons (Fsp3) is 0.269. The zero-order chi connectivity index (χ0) is 24.1. The van der Waals surface area contributed by atoms with Gasteiger partial charge in [0, 0.05) is 34.6 Å². The molecular weight excluding hydrogens is 426 g/mol. The van der Waals surface area contributed by atoms with Crippen LogP contribution >= 0.6 is 0 Å². The summed E-state index contributed by atoms with van der Waals surface area (Å²) in [4.78, 5) is 14.0. The molecule has 0 unspecified atom stereocenters. The predicted molar refractivity (Wildman–Crippen MR) is 133 cm³/mol. The molecule has 1 amide bonds. The molecule has 2 heterocycles. The smallest absolute Gasteiger partial charge is 0.271 e. The fourth-order valence-electron chi connectivity index (χ4n) is 3.77. The second-order valence-electron chi connectivity index (χ2n) is 8.74. The highest BCUT2D eigenvalue weighted by Crippen LogP contribution is 2.16. The number of benzene rings is 2. The molecule has 0 saturated heterocycles. The molecule has 0 radical (unpaired) electrons. The van der Waals surface area contributed by atoms with E-state index in [2.05, 4.69) is 64.3 Å². The number of aryl methyl sites for hydroxylation is 1. The lowest BCUT2D eigenvalue weighted by molar-refractivity contribution is 0.0955. The molecule has 0 bridgehead atoms. The summed E-state index contributed by atoms with van der Waals surface area (Å²) in [6.45, 7) is 9.98. The van der Waals surface area contributed by atoms with Gasteiger partial charge < -0.3 is 4.57 Å². The van der Waals surface area contributed by atoms with Crippen LogP contribution in [0.15, 0.2) is 65.8 Å². The molecule has 34 heavy (non-hydrogen) atoms. The number of rotatable bonds is 8.